The Morgan fingerprint density at radius 1 is 1.07 bits per heavy atom. The first kappa shape index (κ1) is 20.6. The number of aliphatic imine (C=N–C) groups is 1. The van der Waals surface area contributed by atoms with E-state index >= 15 is 0 Å². The third-order valence-corrected chi connectivity index (χ3v) is 5.94. The Bertz CT molecular complexity index is 817. The van der Waals surface area contributed by atoms with Crippen molar-refractivity contribution in [3.05, 3.63) is 23.9 Å². The number of piperazine rings is 1. The topological polar surface area (TPSA) is 84.4 Å². The quantitative estimate of drug-likeness (QED) is 0.748. The van der Waals surface area contributed by atoms with Crippen molar-refractivity contribution in [1.29, 1.82) is 0 Å². The zero-order chi connectivity index (χ0) is 21.3. The molecule has 1 aromatic rings. The van der Waals surface area contributed by atoms with Crippen LogP contribution in [-0.4, -0.2) is 96.0 Å². The van der Waals surface area contributed by atoms with Gasteiger partial charge in [-0.15, -0.1) is 0 Å². The van der Waals surface area contributed by atoms with E-state index in [9.17, 15) is 9.59 Å². The van der Waals surface area contributed by atoms with Gasteiger partial charge in [0.2, 0.25) is 0 Å². The molecule has 0 spiro atoms. The highest BCUT2D eigenvalue weighted by Crippen LogP contribution is 2.25. The highest BCUT2D eigenvalue weighted by molar-refractivity contribution is 6.08. The molecule has 3 aliphatic heterocycles. The van der Waals surface area contributed by atoms with Gasteiger partial charge in [-0.2, -0.15) is 0 Å². The van der Waals surface area contributed by atoms with Crippen LogP contribution in [0.3, 0.4) is 0 Å². The number of amides is 3. The van der Waals surface area contributed by atoms with Crippen LogP contribution in [-0.2, 0) is 4.79 Å². The van der Waals surface area contributed by atoms with Crippen molar-refractivity contribution in [2.24, 2.45) is 4.99 Å². The molecular weight excluding hydrogens is 382 g/mol. The fourth-order valence-corrected chi connectivity index (χ4v) is 4.24. The predicted octanol–water partition coefficient (Wildman–Crippen LogP) is 0.962. The van der Waals surface area contributed by atoms with Crippen LogP contribution in [0, 0.1) is 0 Å². The van der Waals surface area contributed by atoms with Crippen molar-refractivity contribution in [3.63, 3.8) is 0 Å². The SMILES string of the molecule is CCCN1C(=O)C2NC(c3ccc(N4CCN(C)CC4)nc3)=NC2N(CCC)C1=O. The van der Waals surface area contributed by atoms with Gasteiger partial charge in [-0.05, 0) is 32.0 Å². The highest BCUT2D eigenvalue weighted by Gasteiger charge is 2.49. The molecule has 2 unspecified atom stereocenters. The van der Waals surface area contributed by atoms with Crippen LogP contribution in [0.1, 0.15) is 32.3 Å². The number of carbonyl (C=O) groups is 2. The van der Waals surface area contributed by atoms with E-state index in [1.54, 1.807) is 11.1 Å². The molecule has 0 aromatic carbocycles. The second-order valence-corrected chi connectivity index (χ2v) is 8.17. The van der Waals surface area contributed by atoms with E-state index in [2.05, 4.69) is 27.1 Å². The first-order chi connectivity index (χ1) is 14.5. The average Bonchev–Trinajstić information content (AvgIpc) is 3.20. The number of hydrogen-bond acceptors (Lipinski definition) is 7. The molecule has 3 aliphatic rings. The summed E-state index contributed by atoms with van der Waals surface area (Å²) in [4.78, 5) is 42.8. The monoisotopic (exact) mass is 413 g/mol. The molecule has 3 amide bonds. The normalized spacial score (nSPS) is 24.8. The van der Waals surface area contributed by atoms with Crippen LogP contribution < -0.4 is 10.2 Å². The van der Waals surface area contributed by atoms with Crippen molar-refractivity contribution in [2.75, 3.05) is 51.2 Å². The number of amidine groups is 1. The summed E-state index contributed by atoms with van der Waals surface area (Å²) in [6, 6.07) is 3.23. The molecule has 1 N–H and O–H groups in total. The standard InChI is InChI=1S/C21H31N7O2/c1-4-8-27-19-17(20(29)28(9-5-2)21(27)30)23-18(24-19)15-6-7-16(22-14-15)26-12-10-25(3)11-13-26/h6-7,14,17,19H,4-5,8-13H2,1-3H3,(H,23,24). The Kier molecular flexibility index (Phi) is 5.90. The number of carbonyl (C=O) groups excluding carboxylic acids is 2. The number of rotatable bonds is 6. The van der Waals surface area contributed by atoms with Crippen LogP contribution in [0.15, 0.2) is 23.3 Å². The van der Waals surface area contributed by atoms with Gasteiger partial charge in [0.25, 0.3) is 5.91 Å². The summed E-state index contributed by atoms with van der Waals surface area (Å²) in [6.07, 6.45) is 2.86. The van der Waals surface area contributed by atoms with E-state index in [1.165, 1.54) is 4.90 Å². The Balaban J connectivity index is 1.53. The average molecular weight is 414 g/mol. The Morgan fingerprint density at radius 2 is 1.80 bits per heavy atom. The molecule has 1 aromatic heterocycles. The summed E-state index contributed by atoms with van der Waals surface area (Å²) in [5.41, 5.74) is 0.834. The van der Waals surface area contributed by atoms with Gasteiger partial charge in [-0.25, -0.2) is 14.8 Å². The van der Waals surface area contributed by atoms with Crippen molar-refractivity contribution in [1.82, 2.24) is 25.0 Å². The minimum atomic E-state index is -0.534. The number of anilines is 1. The minimum Gasteiger partial charge on any atom is -0.355 e. The van der Waals surface area contributed by atoms with Gasteiger partial charge >= 0.3 is 6.03 Å². The van der Waals surface area contributed by atoms with E-state index in [-0.39, 0.29) is 11.9 Å². The summed E-state index contributed by atoms with van der Waals surface area (Å²) >= 11 is 0. The maximum atomic E-state index is 12.9. The zero-order valence-electron chi connectivity index (χ0n) is 18.0. The van der Waals surface area contributed by atoms with Crippen LogP contribution in [0.2, 0.25) is 0 Å². The molecule has 0 bridgehead atoms. The Labute approximate surface area is 177 Å². The Morgan fingerprint density at radius 3 is 2.43 bits per heavy atom. The molecule has 0 saturated carbocycles. The number of likely N-dealkylation sites (N-methyl/N-ethyl adjacent to an activating group) is 1. The lowest BCUT2D eigenvalue weighted by molar-refractivity contribution is -0.134. The number of nitrogens with one attached hydrogen (secondary N) is 1. The molecule has 9 nitrogen and oxygen atoms in total. The van der Waals surface area contributed by atoms with E-state index in [0.717, 1.165) is 50.4 Å². The minimum absolute atomic E-state index is 0.194. The first-order valence-corrected chi connectivity index (χ1v) is 10.9. The molecule has 4 rings (SSSR count). The summed E-state index contributed by atoms with van der Waals surface area (Å²) in [5.74, 6) is 1.39. The van der Waals surface area contributed by atoms with E-state index in [1.807, 2.05) is 26.0 Å². The van der Waals surface area contributed by atoms with Gasteiger partial charge in [0.05, 0.1) is 0 Å². The molecule has 162 valence electrons. The van der Waals surface area contributed by atoms with Crippen molar-refractivity contribution in [3.8, 4) is 0 Å². The lowest BCUT2D eigenvalue weighted by Gasteiger charge is -2.40. The second-order valence-electron chi connectivity index (χ2n) is 8.17. The smallest absolute Gasteiger partial charge is 0.328 e. The number of aromatic nitrogens is 1. The molecule has 2 fully saturated rings. The van der Waals surface area contributed by atoms with Gasteiger partial charge in [0, 0.05) is 51.0 Å². The third kappa shape index (κ3) is 3.74. The number of hydrogen-bond donors (Lipinski definition) is 1. The maximum absolute atomic E-state index is 12.9. The molecule has 9 heteroatoms. The highest BCUT2D eigenvalue weighted by atomic mass is 16.2. The predicted molar refractivity (Wildman–Crippen MR) is 116 cm³/mol. The van der Waals surface area contributed by atoms with Crippen molar-refractivity contribution in [2.45, 2.75) is 38.9 Å². The van der Waals surface area contributed by atoms with Gasteiger partial charge < -0.3 is 15.1 Å². The summed E-state index contributed by atoms with van der Waals surface area (Å²) < 4.78 is 0. The fraction of sp³-hybridized carbons (Fsp3) is 0.619. The Hall–Kier alpha value is -2.68. The maximum Gasteiger partial charge on any atom is 0.328 e. The lowest BCUT2D eigenvalue weighted by atomic mass is 10.1. The number of imide groups is 1. The van der Waals surface area contributed by atoms with Crippen molar-refractivity contribution >= 4 is 23.6 Å². The zero-order valence-corrected chi connectivity index (χ0v) is 18.0. The first-order valence-electron chi connectivity index (χ1n) is 10.9. The van der Waals surface area contributed by atoms with Crippen LogP contribution in [0.4, 0.5) is 10.6 Å². The largest absolute Gasteiger partial charge is 0.355 e. The van der Waals surface area contributed by atoms with Gasteiger partial charge in [0.15, 0.2) is 6.17 Å². The molecular formula is C21H31N7O2. The van der Waals surface area contributed by atoms with Crippen molar-refractivity contribution < 1.29 is 9.59 Å². The third-order valence-electron chi connectivity index (χ3n) is 5.94. The summed E-state index contributed by atoms with van der Waals surface area (Å²) in [5, 5.41) is 3.27. The number of pyridine rings is 1. The van der Waals surface area contributed by atoms with Crippen LogP contribution in [0.5, 0.6) is 0 Å². The molecule has 0 radical (unpaired) electrons. The molecule has 30 heavy (non-hydrogen) atoms. The summed E-state index contributed by atoms with van der Waals surface area (Å²) in [6.45, 7) is 8.97. The van der Waals surface area contributed by atoms with Gasteiger partial charge in [-0.1, -0.05) is 13.8 Å². The molecule has 4 heterocycles. The molecule has 2 saturated heterocycles. The van der Waals surface area contributed by atoms with Gasteiger partial charge in [-0.3, -0.25) is 14.6 Å². The van der Waals surface area contributed by atoms with E-state index in [4.69, 9.17) is 4.99 Å². The number of nitrogens with zero attached hydrogens (tertiary/aromatic N) is 6. The fourth-order valence-electron chi connectivity index (χ4n) is 4.24. The van der Waals surface area contributed by atoms with Crippen LogP contribution >= 0.6 is 0 Å². The molecule has 0 aliphatic carbocycles. The second kappa shape index (κ2) is 8.59. The summed E-state index contributed by atoms with van der Waals surface area (Å²) in [7, 11) is 2.13. The van der Waals surface area contributed by atoms with E-state index in [0.29, 0.717) is 18.9 Å². The lowest BCUT2D eigenvalue weighted by Crippen LogP contribution is -2.65. The van der Waals surface area contributed by atoms with E-state index < -0.39 is 12.2 Å². The number of fused-ring (bicyclic) bond motifs is 1. The number of urea groups is 1. The van der Waals surface area contributed by atoms with Gasteiger partial charge in [0.1, 0.15) is 17.7 Å². The van der Waals surface area contributed by atoms with Crippen LogP contribution in [0.25, 0.3) is 0 Å². The molecule has 2 atom stereocenters.